The van der Waals surface area contributed by atoms with Gasteiger partial charge in [0.1, 0.15) is 5.04 Å². The van der Waals surface area contributed by atoms with Crippen LogP contribution in [0.15, 0.2) is 4.99 Å². The van der Waals surface area contributed by atoms with Crippen molar-refractivity contribution in [2.24, 2.45) is 4.99 Å². The molecule has 3 nitrogen and oxygen atoms in total. The highest BCUT2D eigenvalue weighted by Gasteiger charge is 2.03. The number of aliphatic imine (C=N–C) groups is 1. The van der Waals surface area contributed by atoms with Crippen molar-refractivity contribution in [1.29, 1.82) is 0 Å². The summed E-state index contributed by atoms with van der Waals surface area (Å²) in [5.41, 5.74) is 0. The molecule has 0 spiro atoms. The van der Waals surface area contributed by atoms with Gasteiger partial charge >= 0.3 is 0 Å². The fourth-order valence-corrected chi connectivity index (χ4v) is 0.497. The Morgan fingerprint density at radius 1 is 1.50 bits per heavy atom. The van der Waals surface area contributed by atoms with Crippen LogP contribution in [0.4, 0.5) is 0 Å². The van der Waals surface area contributed by atoms with Gasteiger partial charge < -0.3 is 0 Å². The van der Waals surface area contributed by atoms with Crippen LogP contribution in [-0.2, 0) is 9.84 Å². The number of nitrogens with zero attached hydrogens (tertiary/aromatic N) is 1. The zero-order valence-corrected chi connectivity index (χ0v) is 5.99. The molecule has 0 aliphatic rings. The van der Waals surface area contributed by atoms with Gasteiger partial charge in [0.05, 0.1) is 0 Å². The van der Waals surface area contributed by atoms with E-state index < -0.39 is 9.84 Å². The average molecular weight is 135 g/mol. The standard InChI is InChI=1S/C4H9NO2S/c1-4(5-2)8(3,6)7/h1-3H3. The van der Waals surface area contributed by atoms with E-state index in [-0.39, 0.29) is 5.04 Å². The fourth-order valence-electron chi connectivity index (χ4n) is 0.166. The molecular weight excluding hydrogens is 126 g/mol. The van der Waals surface area contributed by atoms with Gasteiger partial charge in [-0.05, 0) is 6.92 Å². The van der Waals surface area contributed by atoms with Crippen LogP contribution in [0.25, 0.3) is 0 Å². The first-order chi connectivity index (χ1) is 3.48. The molecule has 0 fully saturated rings. The molecule has 8 heavy (non-hydrogen) atoms. The Labute approximate surface area is 49.4 Å². The minimum Gasteiger partial charge on any atom is -0.281 e. The summed E-state index contributed by atoms with van der Waals surface area (Å²) in [5, 5.41) is 0.178. The smallest absolute Gasteiger partial charge is 0.188 e. The molecule has 0 heterocycles. The van der Waals surface area contributed by atoms with E-state index in [4.69, 9.17) is 0 Å². The Balaban J connectivity index is 4.55. The Kier molecular flexibility index (Phi) is 2.15. The highest BCUT2D eigenvalue weighted by molar-refractivity contribution is 8.05. The molecule has 0 aromatic carbocycles. The summed E-state index contributed by atoms with van der Waals surface area (Å²) in [6.07, 6.45) is 1.13. The van der Waals surface area contributed by atoms with Crippen LogP contribution in [0.3, 0.4) is 0 Å². The van der Waals surface area contributed by atoms with Gasteiger partial charge in [0, 0.05) is 13.3 Å². The van der Waals surface area contributed by atoms with Crippen molar-refractivity contribution >= 4 is 14.9 Å². The number of rotatable bonds is 0. The van der Waals surface area contributed by atoms with Crippen LogP contribution in [0.5, 0.6) is 0 Å². The lowest BCUT2D eigenvalue weighted by Crippen LogP contribution is -2.07. The molecule has 4 heteroatoms. The molecule has 0 saturated carbocycles. The normalized spacial score (nSPS) is 14.1. The summed E-state index contributed by atoms with van der Waals surface area (Å²) in [5.74, 6) is 0. The molecule has 0 rings (SSSR count). The molecule has 48 valence electrons. The lowest BCUT2D eigenvalue weighted by molar-refractivity contribution is 0.612. The van der Waals surface area contributed by atoms with Gasteiger partial charge in [-0.1, -0.05) is 0 Å². The molecule has 0 radical (unpaired) electrons. The summed E-state index contributed by atoms with van der Waals surface area (Å²) in [6.45, 7) is 1.47. The highest BCUT2D eigenvalue weighted by Crippen LogP contribution is 1.85. The molecule has 0 aromatic heterocycles. The molecule has 0 N–H and O–H groups in total. The van der Waals surface area contributed by atoms with Crippen LogP contribution in [0, 0.1) is 0 Å². The van der Waals surface area contributed by atoms with Gasteiger partial charge in [0.25, 0.3) is 0 Å². The fraction of sp³-hybridized carbons (Fsp3) is 0.750. The molecule has 0 saturated heterocycles. The average Bonchev–Trinajstić information content (AvgIpc) is 1.62. The lowest BCUT2D eigenvalue weighted by Gasteiger charge is -1.89. The number of sulfone groups is 1. The first-order valence-electron chi connectivity index (χ1n) is 2.12. The minimum absolute atomic E-state index is 0.178. The molecular formula is C4H9NO2S. The van der Waals surface area contributed by atoms with Crippen LogP contribution in [-0.4, -0.2) is 26.8 Å². The third-order valence-corrected chi connectivity index (χ3v) is 2.11. The summed E-state index contributed by atoms with van der Waals surface area (Å²) < 4.78 is 20.9. The molecule has 0 aliphatic carbocycles. The van der Waals surface area contributed by atoms with Gasteiger partial charge in [0.15, 0.2) is 9.84 Å². The predicted molar refractivity (Wildman–Crippen MR) is 33.9 cm³/mol. The summed E-state index contributed by atoms with van der Waals surface area (Å²) in [6, 6.07) is 0. The van der Waals surface area contributed by atoms with Crippen molar-refractivity contribution in [3.05, 3.63) is 0 Å². The second kappa shape index (κ2) is 2.26. The maximum absolute atomic E-state index is 10.4. The van der Waals surface area contributed by atoms with E-state index >= 15 is 0 Å². The molecule has 0 aromatic rings. The molecule has 0 amide bonds. The van der Waals surface area contributed by atoms with Crippen LogP contribution in [0.2, 0.25) is 0 Å². The van der Waals surface area contributed by atoms with E-state index in [9.17, 15) is 8.42 Å². The SMILES string of the molecule is CN=C(C)S(C)(=O)=O. The second-order valence-corrected chi connectivity index (χ2v) is 3.65. The summed E-state index contributed by atoms with van der Waals surface area (Å²) in [4.78, 5) is 3.49. The number of hydrogen-bond donors (Lipinski definition) is 0. The minimum atomic E-state index is -3.00. The van der Waals surface area contributed by atoms with Gasteiger partial charge in [-0.2, -0.15) is 0 Å². The lowest BCUT2D eigenvalue weighted by atomic mass is 10.9. The Morgan fingerprint density at radius 2 is 1.88 bits per heavy atom. The van der Waals surface area contributed by atoms with Gasteiger partial charge in [-0.15, -0.1) is 0 Å². The van der Waals surface area contributed by atoms with Crippen molar-refractivity contribution in [1.82, 2.24) is 0 Å². The van der Waals surface area contributed by atoms with Crippen molar-refractivity contribution < 1.29 is 8.42 Å². The van der Waals surface area contributed by atoms with Crippen molar-refractivity contribution in [2.45, 2.75) is 6.92 Å². The molecule has 0 aliphatic heterocycles. The zero-order valence-electron chi connectivity index (χ0n) is 5.17. The Bertz CT molecular complexity index is 190. The first-order valence-corrected chi connectivity index (χ1v) is 4.01. The highest BCUT2D eigenvalue weighted by atomic mass is 32.2. The van der Waals surface area contributed by atoms with Crippen molar-refractivity contribution in [3.63, 3.8) is 0 Å². The largest absolute Gasteiger partial charge is 0.281 e. The van der Waals surface area contributed by atoms with Crippen molar-refractivity contribution in [3.8, 4) is 0 Å². The first kappa shape index (κ1) is 7.62. The van der Waals surface area contributed by atoms with Crippen LogP contribution >= 0.6 is 0 Å². The molecule has 0 unspecified atom stereocenters. The topological polar surface area (TPSA) is 46.5 Å². The summed E-state index contributed by atoms with van der Waals surface area (Å²) >= 11 is 0. The summed E-state index contributed by atoms with van der Waals surface area (Å²) in [7, 11) is -1.55. The second-order valence-electron chi connectivity index (χ2n) is 1.51. The Hall–Kier alpha value is -0.380. The zero-order chi connectivity index (χ0) is 6.78. The van der Waals surface area contributed by atoms with E-state index in [2.05, 4.69) is 4.99 Å². The van der Waals surface area contributed by atoms with E-state index in [1.165, 1.54) is 14.0 Å². The quantitative estimate of drug-likeness (QED) is 0.349. The van der Waals surface area contributed by atoms with Gasteiger partial charge in [-0.25, -0.2) is 8.42 Å². The van der Waals surface area contributed by atoms with Gasteiger partial charge in [-0.3, -0.25) is 4.99 Å². The van der Waals surface area contributed by atoms with Gasteiger partial charge in [0.2, 0.25) is 0 Å². The van der Waals surface area contributed by atoms with Crippen LogP contribution in [0.1, 0.15) is 6.92 Å². The van der Waals surface area contributed by atoms with E-state index in [1.54, 1.807) is 0 Å². The van der Waals surface area contributed by atoms with E-state index in [0.717, 1.165) is 6.26 Å². The van der Waals surface area contributed by atoms with Crippen LogP contribution < -0.4 is 0 Å². The van der Waals surface area contributed by atoms with Crippen molar-refractivity contribution in [2.75, 3.05) is 13.3 Å². The number of hydrogen-bond acceptors (Lipinski definition) is 3. The Morgan fingerprint density at radius 3 is 1.88 bits per heavy atom. The monoisotopic (exact) mass is 135 g/mol. The third kappa shape index (κ3) is 2.07. The maximum Gasteiger partial charge on any atom is 0.188 e. The molecule has 0 bridgehead atoms. The maximum atomic E-state index is 10.4. The molecule has 0 atom stereocenters. The van der Waals surface area contributed by atoms with E-state index in [1.807, 2.05) is 0 Å². The third-order valence-electron chi connectivity index (χ3n) is 0.852. The predicted octanol–water partition coefficient (Wildman–Crippen LogP) is 0.0792. The van der Waals surface area contributed by atoms with E-state index in [0.29, 0.717) is 0 Å².